The summed E-state index contributed by atoms with van der Waals surface area (Å²) in [7, 11) is 0. The molecule has 154 valence electrons. The number of hydrogen-bond acceptors (Lipinski definition) is 7. The van der Waals surface area contributed by atoms with Gasteiger partial charge in [-0.25, -0.2) is 19.3 Å². The summed E-state index contributed by atoms with van der Waals surface area (Å²) < 4.78 is 20.2. The van der Waals surface area contributed by atoms with Crippen LogP contribution in [0.4, 0.5) is 10.2 Å². The first-order valence-electron chi connectivity index (χ1n) is 9.23. The Kier molecular flexibility index (Phi) is 4.14. The lowest BCUT2D eigenvalue weighted by Gasteiger charge is -2.26. The molecule has 1 atom stereocenters. The quantitative estimate of drug-likeness (QED) is 0.487. The van der Waals surface area contributed by atoms with Crippen LogP contribution in [0.25, 0.3) is 11.2 Å². The molecule has 31 heavy (non-hydrogen) atoms. The van der Waals surface area contributed by atoms with Gasteiger partial charge in [-0.3, -0.25) is 14.5 Å². The predicted molar refractivity (Wildman–Crippen MR) is 106 cm³/mol. The molecule has 1 amide bonds. The molecule has 9 nitrogen and oxygen atoms in total. The Morgan fingerprint density at radius 1 is 1.19 bits per heavy atom. The minimum atomic E-state index is -1.28. The highest BCUT2D eigenvalue weighted by molar-refractivity contribution is 6.21. The third kappa shape index (κ3) is 2.80. The lowest BCUT2D eigenvalue weighted by molar-refractivity contribution is -0.117. The number of furan rings is 1. The molecule has 1 aromatic carbocycles. The van der Waals surface area contributed by atoms with Crippen LogP contribution >= 0.6 is 0 Å². The second-order valence-corrected chi connectivity index (χ2v) is 6.90. The van der Waals surface area contributed by atoms with Crippen LogP contribution in [0.1, 0.15) is 27.9 Å². The normalized spacial score (nSPS) is 16.5. The Morgan fingerprint density at radius 3 is 2.74 bits per heavy atom. The number of rotatable bonds is 4. The number of ketones is 1. The molecule has 1 unspecified atom stereocenters. The van der Waals surface area contributed by atoms with Crippen molar-refractivity contribution in [3.63, 3.8) is 0 Å². The molecule has 5 rings (SSSR count). The molecule has 4 aromatic rings. The summed E-state index contributed by atoms with van der Waals surface area (Å²) in [4.78, 5) is 42.5. The maximum Gasteiger partial charge on any atom is 0.295 e. The molecule has 10 heteroatoms. The summed E-state index contributed by atoms with van der Waals surface area (Å²) in [5.74, 6) is -2.66. The highest BCUT2D eigenvalue weighted by Gasteiger charge is 2.47. The second kappa shape index (κ2) is 6.87. The number of nitrogens with zero attached hydrogens (tertiary/aromatic N) is 4. The highest BCUT2D eigenvalue weighted by Crippen LogP contribution is 2.43. The molecule has 0 fully saturated rings. The molecule has 0 spiro atoms. The first-order chi connectivity index (χ1) is 15.0. The van der Waals surface area contributed by atoms with Gasteiger partial charge in [-0.05, 0) is 25.1 Å². The van der Waals surface area contributed by atoms with Gasteiger partial charge in [0, 0.05) is 5.56 Å². The highest BCUT2D eigenvalue weighted by atomic mass is 19.1. The van der Waals surface area contributed by atoms with Gasteiger partial charge in [0.15, 0.2) is 23.0 Å². The van der Waals surface area contributed by atoms with Crippen LogP contribution in [0.15, 0.2) is 64.8 Å². The fourth-order valence-electron chi connectivity index (χ4n) is 3.67. The zero-order valence-corrected chi connectivity index (χ0v) is 16.0. The molecular formula is C21H14FN5O4. The van der Waals surface area contributed by atoms with E-state index >= 15 is 0 Å². The molecule has 0 bridgehead atoms. The molecule has 3 aromatic heterocycles. The van der Waals surface area contributed by atoms with E-state index in [1.165, 1.54) is 36.9 Å². The van der Waals surface area contributed by atoms with Crippen molar-refractivity contribution in [1.29, 1.82) is 0 Å². The smallest absolute Gasteiger partial charge is 0.295 e. The van der Waals surface area contributed by atoms with E-state index in [1.54, 1.807) is 19.1 Å². The number of halogens is 1. The van der Waals surface area contributed by atoms with Crippen LogP contribution < -0.4 is 4.90 Å². The summed E-state index contributed by atoms with van der Waals surface area (Å²) in [5, 5.41) is 10.7. The summed E-state index contributed by atoms with van der Waals surface area (Å²) >= 11 is 0. The molecule has 1 aliphatic rings. The van der Waals surface area contributed by atoms with Gasteiger partial charge in [0.25, 0.3) is 5.91 Å². The summed E-state index contributed by atoms with van der Waals surface area (Å²) in [6.07, 6.45) is 2.56. The van der Waals surface area contributed by atoms with Crippen LogP contribution in [-0.2, 0) is 4.79 Å². The summed E-state index contributed by atoms with van der Waals surface area (Å²) in [6, 6.07) is 7.42. The van der Waals surface area contributed by atoms with Crippen molar-refractivity contribution in [2.24, 2.45) is 0 Å². The number of aromatic nitrogens is 4. The Hall–Kier alpha value is -4.34. The number of anilines is 1. The van der Waals surface area contributed by atoms with Gasteiger partial charge in [-0.1, -0.05) is 18.2 Å². The topological polar surface area (TPSA) is 125 Å². The van der Waals surface area contributed by atoms with Crippen molar-refractivity contribution in [2.45, 2.75) is 13.0 Å². The van der Waals surface area contributed by atoms with Gasteiger partial charge in [-0.15, -0.1) is 0 Å². The fraction of sp³-hybridized carbons (Fsp3) is 0.0952. The number of fused-ring (bicyclic) bond motifs is 1. The standard InChI is InChI=1S/C21H14FN5O4/c1-10-6-7-13(31-10)17(28)14-16(11-4-2-3-5-12(11)22)27(21(30)18(14)29)20-15-19(24-8-23-15)25-9-26-20/h2-9,16,29H,1H3,(H,23,24,25,26). The minimum Gasteiger partial charge on any atom is -0.503 e. The average Bonchev–Trinajstić information content (AvgIpc) is 3.47. The second-order valence-electron chi connectivity index (χ2n) is 6.90. The fourth-order valence-corrected chi connectivity index (χ4v) is 3.67. The maximum atomic E-state index is 14.9. The first-order valence-corrected chi connectivity index (χ1v) is 9.23. The molecule has 0 saturated carbocycles. The average molecular weight is 419 g/mol. The number of benzene rings is 1. The van der Waals surface area contributed by atoms with Gasteiger partial charge in [0.1, 0.15) is 23.4 Å². The molecular weight excluding hydrogens is 405 g/mol. The molecule has 1 aliphatic heterocycles. The van der Waals surface area contributed by atoms with E-state index in [0.29, 0.717) is 11.3 Å². The number of aliphatic hydroxyl groups is 1. The van der Waals surface area contributed by atoms with Crippen molar-refractivity contribution in [1.82, 2.24) is 19.9 Å². The molecule has 4 heterocycles. The number of carbonyl (C=O) groups is 2. The van der Waals surface area contributed by atoms with E-state index in [-0.39, 0.29) is 28.4 Å². The van der Waals surface area contributed by atoms with Crippen molar-refractivity contribution in [3.05, 3.63) is 83.3 Å². The van der Waals surface area contributed by atoms with Crippen LogP contribution in [-0.4, -0.2) is 36.7 Å². The van der Waals surface area contributed by atoms with Gasteiger partial charge < -0.3 is 14.5 Å². The monoisotopic (exact) mass is 419 g/mol. The summed E-state index contributed by atoms with van der Waals surface area (Å²) in [6.45, 7) is 1.65. The van der Waals surface area contributed by atoms with Crippen molar-refractivity contribution < 1.29 is 23.5 Å². The zero-order valence-electron chi connectivity index (χ0n) is 16.0. The van der Waals surface area contributed by atoms with E-state index in [4.69, 9.17) is 4.42 Å². The Bertz CT molecular complexity index is 1390. The van der Waals surface area contributed by atoms with E-state index < -0.39 is 29.3 Å². The number of imidazole rings is 1. The summed E-state index contributed by atoms with van der Waals surface area (Å²) in [5.41, 5.74) is 0.270. The van der Waals surface area contributed by atoms with Gasteiger partial charge in [-0.2, -0.15) is 0 Å². The lowest BCUT2D eigenvalue weighted by atomic mass is 9.94. The number of aromatic amines is 1. The van der Waals surface area contributed by atoms with Crippen LogP contribution in [0.2, 0.25) is 0 Å². The first kappa shape index (κ1) is 18.7. The van der Waals surface area contributed by atoms with Gasteiger partial charge >= 0.3 is 0 Å². The number of Topliss-reactive ketones (excluding diaryl/α,β-unsaturated/α-hetero) is 1. The molecule has 2 N–H and O–H groups in total. The zero-order chi connectivity index (χ0) is 21.7. The molecule has 0 radical (unpaired) electrons. The van der Waals surface area contributed by atoms with Crippen molar-refractivity contribution >= 4 is 28.7 Å². The minimum absolute atomic E-state index is 0.0119. The van der Waals surface area contributed by atoms with E-state index in [1.807, 2.05) is 0 Å². The number of carbonyl (C=O) groups excluding carboxylic acids is 2. The Morgan fingerprint density at radius 2 is 2.00 bits per heavy atom. The van der Waals surface area contributed by atoms with Crippen molar-refractivity contribution in [3.8, 4) is 0 Å². The van der Waals surface area contributed by atoms with Crippen LogP contribution in [0.5, 0.6) is 0 Å². The predicted octanol–water partition coefficient (Wildman–Crippen LogP) is 3.18. The van der Waals surface area contributed by atoms with Crippen LogP contribution in [0.3, 0.4) is 0 Å². The number of H-pyrrole nitrogens is 1. The molecule has 0 saturated heterocycles. The maximum absolute atomic E-state index is 14.9. The van der Waals surface area contributed by atoms with Gasteiger partial charge in [0.05, 0.1) is 17.9 Å². The number of aryl methyl sites for hydroxylation is 1. The Labute approximate surface area is 173 Å². The largest absolute Gasteiger partial charge is 0.503 e. The van der Waals surface area contributed by atoms with E-state index in [2.05, 4.69) is 19.9 Å². The Balaban J connectivity index is 1.74. The number of amides is 1. The third-order valence-corrected chi connectivity index (χ3v) is 5.05. The van der Waals surface area contributed by atoms with Crippen molar-refractivity contribution in [2.75, 3.05) is 4.90 Å². The van der Waals surface area contributed by atoms with E-state index in [9.17, 15) is 19.1 Å². The lowest BCUT2D eigenvalue weighted by Crippen LogP contribution is -2.32. The number of aliphatic hydroxyl groups excluding tert-OH is 1. The number of nitrogens with one attached hydrogen (secondary N) is 1. The van der Waals surface area contributed by atoms with Gasteiger partial charge in [0.2, 0.25) is 5.78 Å². The third-order valence-electron chi connectivity index (χ3n) is 5.05. The van der Waals surface area contributed by atoms with E-state index in [0.717, 1.165) is 4.90 Å². The van der Waals surface area contributed by atoms with Crippen LogP contribution in [0, 0.1) is 12.7 Å². The SMILES string of the molecule is Cc1ccc(C(=O)C2=C(O)C(=O)N(c3ncnc4nc[nH]c34)C2c2ccccc2F)o1. The number of hydrogen-bond donors (Lipinski definition) is 2. The molecule has 0 aliphatic carbocycles.